The van der Waals surface area contributed by atoms with Crippen LogP contribution in [0.1, 0.15) is 36.3 Å². The third-order valence-corrected chi connectivity index (χ3v) is 4.73. The van der Waals surface area contributed by atoms with Gasteiger partial charge in [0.05, 0.1) is 37.7 Å². The molecule has 1 unspecified atom stereocenters. The number of amides is 1. The van der Waals surface area contributed by atoms with Gasteiger partial charge in [-0.2, -0.15) is 5.10 Å². The van der Waals surface area contributed by atoms with Crippen LogP contribution in [0.3, 0.4) is 0 Å². The van der Waals surface area contributed by atoms with E-state index in [1.165, 1.54) is 0 Å². The summed E-state index contributed by atoms with van der Waals surface area (Å²) in [5, 5.41) is 4.72. The Labute approximate surface area is 148 Å². The highest BCUT2D eigenvalue weighted by Gasteiger charge is 2.32. The first-order chi connectivity index (χ1) is 12.1. The number of nitrogens with zero attached hydrogens (tertiary/aromatic N) is 3. The van der Waals surface area contributed by atoms with Crippen LogP contribution >= 0.6 is 0 Å². The lowest BCUT2D eigenvalue weighted by Gasteiger charge is -2.36. The Kier molecular flexibility index (Phi) is 5.08. The number of carbonyl (C=O) groups excluding carboxylic acids is 1. The summed E-state index contributed by atoms with van der Waals surface area (Å²) in [6.07, 6.45) is 0.499. The molecule has 0 N–H and O–H groups in total. The summed E-state index contributed by atoms with van der Waals surface area (Å²) in [5.74, 6) is 0.941. The van der Waals surface area contributed by atoms with Gasteiger partial charge in [-0.3, -0.25) is 4.79 Å². The summed E-state index contributed by atoms with van der Waals surface area (Å²) in [7, 11) is 1.65. The quantitative estimate of drug-likeness (QED) is 0.857. The fraction of sp³-hybridized carbons (Fsp3) is 0.474. The Morgan fingerprint density at radius 3 is 2.92 bits per heavy atom. The van der Waals surface area contributed by atoms with Crippen molar-refractivity contribution in [3.63, 3.8) is 0 Å². The molecule has 0 radical (unpaired) electrons. The van der Waals surface area contributed by atoms with Gasteiger partial charge in [-0.15, -0.1) is 0 Å². The first kappa shape index (κ1) is 17.5. The molecule has 6 heteroatoms. The monoisotopic (exact) mass is 343 g/mol. The van der Waals surface area contributed by atoms with Crippen LogP contribution < -0.4 is 4.74 Å². The molecule has 1 aromatic heterocycles. The van der Waals surface area contributed by atoms with E-state index in [-0.39, 0.29) is 11.9 Å². The minimum atomic E-state index is -0.0828. The molecular weight excluding hydrogens is 318 g/mol. The van der Waals surface area contributed by atoms with E-state index >= 15 is 0 Å². The zero-order chi connectivity index (χ0) is 18.0. The van der Waals surface area contributed by atoms with Crippen molar-refractivity contribution in [2.45, 2.75) is 33.2 Å². The van der Waals surface area contributed by atoms with Crippen LogP contribution in [0.5, 0.6) is 5.75 Å². The Hall–Kier alpha value is -2.34. The number of hydrogen-bond donors (Lipinski definition) is 0. The van der Waals surface area contributed by atoms with Crippen LogP contribution in [0.15, 0.2) is 24.3 Å². The predicted octanol–water partition coefficient (Wildman–Crippen LogP) is 2.81. The third-order valence-electron chi connectivity index (χ3n) is 4.73. The Bertz CT molecular complexity index is 769. The zero-order valence-electron chi connectivity index (χ0n) is 15.3. The van der Waals surface area contributed by atoms with Gasteiger partial charge in [0, 0.05) is 30.3 Å². The molecule has 25 heavy (non-hydrogen) atoms. The van der Waals surface area contributed by atoms with Crippen molar-refractivity contribution >= 4 is 5.91 Å². The highest BCUT2D eigenvalue weighted by atomic mass is 16.5. The smallest absolute Gasteiger partial charge is 0.222 e. The second-order valence-corrected chi connectivity index (χ2v) is 6.23. The SMILES string of the molecule is CCC(=O)N1CCOCC1c1c(C)nn(-c2cccc(OC)c2)c1C. The molecule has 134 valence electrons. The average molecular weight is 343 g/mol. The normalized spacial score (nSPS) is 17.6. The van der Waals surface area contributed by atoms with E-state index < -0.39 is 0 Å². The number of hydrogen-bond acceptors (Lipinski definition) is 4. The molecule has 1 aromatic carbocycles. The lowest BCUT2D eigenvalue weighted by molar-refractivity contribution is -0.139. The van der Waals surface area contributed by atoms with Crippen molar-refractivity contribution < 1.29 is 14.3 Å². The van der Waals surface area contributed by atoms with Crippen molar-refractivity contribution in [3.05, 3.63) is 41.2 Å². The molecule has 6 nitrogen and oxygen atoms in total. The summed E-state index contributed by atoms with van der Waals surface area (Å²) in [6.45, 7) is 7.65. The molecule has 1 amide bonds. The molecule has 3 rings (SSSR count). The van der Waals surface area contributed by atoms with E-state index in [0.717, 1.165) is 28.4 Å². The van der Waals surface area contributed by atoms with Crippen molar-refractivity contribution in [2.75, 3.05) is 26.9 Å². The van der Waals surface area contributed by atoms with Crippen molar-refractivity contribution in [2.24, 2.45) is 0 Å². The fourth-order valence-electron chi connectivity index (χ4n) is 3.48. The van der Waals surface area contributed by atoms with E-state index in [9.17, 15) is 4.79 Å². The minimum absolute atomic E-state index is 0.0828. The molecule has 2 aromatic rings. The van der Waals surface area contributed by atoms with Crippen LogP contribution in [-0.4, -0.2) is 47.5 Å². The van der Waals surface area contributed by atoms with Crippen LogP contribution in [0.4, 0.5) is 0 Å². The van der Waals surface area contributed by atoms with Crippen LogP contribution in [0.25, 0.3) is 5.69 Å². The molecule has 1 aliphatic heterocycles. The molecule has 1 aliphatic rings. The topological polar surface area (TPSA) is 56.6 Å². The molecule has 0 spiro atoms. The van der Waals surface area contributed by atoms with Crippen molar-refractivity contribution in [1.82, 2.24) is 14.7 Å². The van der Waals surface area contributed by atoms with Gasteiger partial charge in [0.2, 0.25) is 5.91 Å². The summed E-state index contributed by atoms with van der Waals surface area (Å²) in [4.78, 5) is 14.3. The maximum Gasteiger partial charge on any atom is 0.222 e. The summed E-state index contributed by atoms with van der Waals surface area (Å²) < 4.78 is 12.9. The number of rotatable bonds is 4. The fourth-order valence-corrected chi connectivity index (χ4v) is 3.48. The first-order valence-electron chi connectivity index (χ1n) is 8.64. The number of benzene rings is 1. The summed E-state index contributed by atoms with van der Waals surface area (Å²) >= 11 is 0. The summed E-state index contributed by atoms with van der Waals surface area (Å²) in [6, 6.07) is 7.72. The van der Waals surface area contributed by atoms with Crippen LogP contribution in [0, 0.1) is 13.8 Å². The number of morpholine rings is 1. The van der Waals surface area contributed by atoms with Gasteiger partial charge >= 0.3 is 0 Å². The van der Waals surface area contributed by atoms with E-state index in [1.54, 1.807) is 7.11 Å². The first-order valence-corrected chi connectivity index (χ1v) is 8.64. The Balaban J connectivity index is 2.02. The van der Waals surface area contributed by atoms with E-state index in [1.807, 2.05) is 54.6 Å². The molecule has 1 atom stereocenters. The predicted molar refractivity (Wildman–Crippen MR) is 95.2 cm³/mol. The summed E-state index contributed by atoms with van der Waals surface area (Å²) in [5.41, 5.74) is 3.96. The second kappa shape index (κ2) is 7.27. The number of methoxy groups -OCH3 is 1. The molecule has 1 fully saturated rings. The molecule has 0 bridgehead atoms. The van der Waals surface area contributed by atoms with Gasteiger partial charge in [-0.05, 0) is 26.0 Å². The van der Waals surface area contributed by atoms with Gasteiger partial charge in [-0.25, -0.2) is 4.68 Å². The maximum atomic E-state index is 12.4. The van der Waals surface area contributed by atoms with E-state index in [4.69, 9.17) is 14.6 Å². The average Bonchev–Trinajstić information content (AvgIpc) is 2.95. The lowest BCUT2D eigenvalue weighted by atomic mass is 10.0. The second-order valence-electron chi connectivity index (χ2n) is 6.23. The molecule has 0 aliphatic carbocycles. The standard InChI is InChI=1S/C19H25N3O3/c1-5-18(23)21-9-10-25-12-17(21)19-13(2)20-22(14(19)3)15-7-6-8-16(11-15)24-4/h6-8,11,17H,5,9-10,12H2,1-4H3. The van der Waals surface area contributed by atoms with E-state index in [2.05, 4.69) is 0 Å². The molecule has 2 heterocycles. The third kappa shape index (κ3) is 3.26. The van der Waals surface area contributed by atoms with Gasteiger partial charge in [0.15, 0.2) is 0 Å². The van der Waals surface area contributed by atoms with Gasteiger partial charge in [-0.1, -0.05) is 13.0 Å². The largest absolute Gasteiger partial charge is 0.497 e. The van der Waals surface area contributed by atoms with E-state index in [0.29, 0.717) is 26.2 Å². The zero-order valence-corrected chi connectivity index (χ0v) is 15.3. The minimum Gasteiger partial charge on any atom is -0.497 e. The Morgan fingerprint density at radius 2 is 2.20 bits per heavy atom. The van der Waals surface area contributed by atoms with Crippen molar-refractivity contribution in [3.8, 4) is 11.4 Å². The van der Waals surface area contributed by atoms with Gasteiger partial charge < -0.3 is 14.4 Å². The number of aromatic nitrogens is 2. The highest BCUT2D eigenvalue weighted by molar-refractivity contribution is 5.76. The van der Waals surface area contributed by atoms with Crippen molar-refractivity contribution in [1.29, 1.82) is 0 Å². The molecule has 0 saturated carbocycles. The molecule has 1 saturated heterocycles. The number of aryl methyl sites for hydroxylation is 1. The molecular formula is C19H25N3O3. The van der Waals surface area contributed by atoms with Crippen LogP contribution in [0.2, 0.25) is 0 Å². The number of carbonyl (C=O) groups is 1. The van der Waals surface area contributed by atoms with Gasteiger partial charge in [0.25, 0.3) is 0 Å². The lowest BCUT2D eigenvalue weighted by Crippen LogP contribution is -2.43. The number of ether oxygens (including phenoxy) is 2. The van der Waals surface area contributed by atoms with Crippen LogP contribution in [-0.2, 0) is 9.53 Å². The Morgan fingerprint density at radius 1 is 1.40 bits per heavy atom. The van der Waals surface area contributed by atoms with Gasteiger partial charge in [0.1, 0.15) is 5.75 Å². The maximum absolute atomic E-state index is 12.4. The highest BCUT2D eigenvalue weighted by Crippen LogP contribution is 2.31.